The maximum Gasteiger partial charge on any atom is 0.262 e. The molecule has 1 aromatic carbocycles. The lowest BCUT2D eigenvalue weighted by Gasteiger charge is -2.09. The Hall–Kier alpha value is -1.92. The van der Waals surface area contributed by atoms with Crippen molar-refractivity contribution < 1.29 is 13.9 Å². The zero-order valence-electron chi connectivity index (χ0n) is 10.3. The molecule has 0 radical (unpaired) electrons. The lowest BCUT2D eigenvalue weighted by molar-refractivity contribution is -0.135. The number of hydrazine groups is 1. The van der Waals surface area contributed by atoms with Crippen molar-refractivity contribution >= 4 is 17.0 Å². The van der Waals surface area contributed by atoms with Gasteiger partial charge in [0.1, 0.15) is 12.1 Å². The Bertz CT molecular complexity index is 563. The number of carbonyl (C=O) groups is 1. The number of ether oxygens (including phenoxy) is 1. The molecule has 1 amide bonds. The van der Waals surface area contributed by atoms with E-state index in [0.717, 1.165) is 21.7 Å². The number of nitrogens with zero attached hydrogens (tertiary/aromatic N) is 2. The number of likely N-dealkylation sites (N-methyl/N-ethyl adjacent to an activating group) is 1. The Morgan fingerprint density at radius 3 is 3.06 bits per heavy atom. The Morgan fingerprint density at radius 2 is 2.33 bits per heavy atom. The van der Waals surface area contributed by atoms with E-state index in [1.54, 1.807) is 6.92 Å². The third kappa shape index (κ3) is 2.85. The third-order valence-corrected chi connectivity index (χ3v) is 2.45. The van der Waals surface area contributed by atoms with Crippen LogP contribution in [0.4, 0.5) is 0 Å². The normalized spacial score (nSPS) is 10.8. The molecule has 2 rings (SSSR count). The van der Waals surface area contributed by atoms with Crippen molar-refractivity contribution in [1.29, 1.82) is 0 Å². The van der Waals surface area contributed by atoms with E-state index in [2.05, 4.69) is 4.98 Å². The summed E-state index contributed by atoms with van der Waals surface area (Å²) in [6, 6.07) is 5.59. The van der Waals surface area contributed by atoms with Gasteiger partial charge in [-0.05, 0) is 17.7 Å². The molecule has 0 saturated heterocycles. The monoisotopic (exact) mass is 249 g/mol. The highest BCUT2D eigenvalue weighted by atomic mass is 16.5. The van der Waals surface area contributed by atoms with Crippen molar-refractivity contribution in [2.75, 3.05) is 13.7 Å². The van der Waals surface area contributed by atoms with Crippen molar-refractivity contribution in [1.82, 2.24) is 9.99 Å². The summed E-state index contributed by atoms with van der Waals surface area (Å²) in [7, 11) is 1.48. The number of fused-ring (bicyclic) bond motifs is 1. The number of hydrogen-bond acceptors (Lipinski definition) is 5. The number of rotatable bonds is 4. The topological polar surface area (TPSA) is 81.6 Å². The van der Waals surface area contributed by atoms with Crippen LogP contribution in [-0.4, -0.2) is 29.6 Å². The van der Waals surface area contributed by atoms with Gasteiger partial charge in [0, 0.05) is 14.0 Å². The predicted molar refractivity (Wildman–Crippen MR) is 65.4 cm³/mol. The standard InChI is InChI=1S/C12H15N3O3/c1-8-14-10-5-9(3-4-11(10)18-8)6-17-7-12(16)15(2)13/h3-5H,6-7,13H2,1-2H3. The van der Waals surface area contributed by atoms with Gasteiger partial charge in [-0.15, -0.1) is 0 Å². The molecule has 0 fully saturated rings. The molecule has 0 aliphatic carbocycles. The van der Waals surface area contributed by atoms with Crippen molar-refractivity contribution in [2.45, 2.75) is 13.5 Å². The molecule has 0 bridgehead atoms. The minimum Gasteiger partial charge on any atom is -0.441 e. The maximum absolute atomic E-state index is 11.2. The van der Waals surface area contributed by atoms with Crippen LogP contribution in [0.1, 0.15) is 11.5 Å². The molecule has 6 nitrogen and oxygen atoms in total. The van der Waals surface area contributed by atoms with Crippen LogP contribution in [0.3, 0.4) is 0 Å². The number of nitrogens with two attached hydrogens (primary N) is 1. The van der Waals surface area contributed by atoms with Crippen LogP contribution in [0.15, 0.2) is 22.6 Å². The van der Waals surface area contributed by atoms with Crippen LogP contribution in [0.2, 0.25) is 0 Å². The fraction of sp³-hybridized carbons (Fsp3) is 0.333. The van der Waals surface area contributed by atoms with E-state index in [1.165, 1.54) is 7.05 Å². The van der Waals surface area contributed by atoms with Gasteiger partial charge in [0.2, 0.25) is 0 Å². The molecule has 0 spiro atoms. The number of oxazole rings is 1. The smallest absolute Gasteiger partial charge is 0.262 e. The molecule has 6 heteroatoms. The SMILES string of the molecule is Cc1nc2cc(COCC(=O)N(C)N)ccc2o1. The molecule has 18 heavy (non-hydrogen) atoms. The van der Waals surface area contributed by atoms with Crippen molar-refractivity contribution in [3.05, 3.63) is 29.7 Å². The zero-order chi connectivity index (χ0) is 13.1. The van der Waals surface area contributed by atoms with Gasteiger partial charge in [-0.2, -0.15) is 0 Å². The molecule has 2 N–H and O–H groups in total. The fourth-order valence-corrected chi connectivity index (χ4v) is 1.54. The predicted octanol–water partition coefficient (Wildman–Crippen LogP) is 0.985. The summed E-state index contributed by atoms with van der Waals surface area (Å²) in [4.78, 5) is 15.4. The first-order valence-electron chi connectivity index (χ1n) is 5.51. The number of aryl methyl sites for hydroxylation is 1. The van der Waals surface area contributed by atoms with E-state index >= 15 is 0 Å². The molecule has 0 saturated carbocycles. The Labute approximate surface area is 104 Å². The summed E-state index contributed by atoms with van der Waals surface area (Å²) in [6.07, 6.45) is 0. The van der Waals surface area contributed by atoms with Crippen LogP contribution in [0.5, 0.6) is 0 Å². The lowest BCUT2D eigenvalue weighted by atomic mass is 10.2. The summed E-state index contributed by atoms with van der Waals surface area (Å²) in [5.74, 6) is 5.63. The van der Waals surface area contributed by atoms with E-state index in [-0.39, 0.29) is 12.5 Å². The van der Waals surface area contributed by atoms with Gasteiger partial charge in [-0.25, -0.2) is 10.8 Å². The van der Waals surface area contributed by atoms with Crippen molar-refractivity contribution in [3.8, 4) is 0 Å². The minimum atomic E-state index is -0.270. The van der Waals surface area contributed by atoms with Gasteiger partial charge in [0.05, 0.1) is 6.61 Å². The Balaban J connectivity index is 1.97. The van der Waals surface area contributed by atoms with Crippen LogP contribution in [0.25, 0.3) is 11.1 Å². The highest BCUT2D eigenvalue weighted by Gasteiger charge is 2.06. The summed E-state index contributed by atoms with van der Waals surface area (Å²) in [6.45, 7) is 2.09. The van der Waals surface area contributed by atoms with Gasteiger partial charge in [-0.1, -0.05) is 6.07 Å². The van der Waals surface area contributed by atoms with Crippen LogP contribution >= 0.6 is 0 Å². The lowest BCUT2D eigenvalue weighted by Crippen LogP contribution is -2.35. The second kappa shape index (κ2) is 5.16. The number of amides is 1. The highest BCUT2D eigenvalue weighted by Crippen LogP contribution is 2.17. The second-order valence-electron chi connectivity index (χ2n) is 4.03. The van der Waals surface area contributed by atoms with Crippen molar-refractivity contribution in [2.24, 2.45) is 5.84 Å². The minimum absolute atomic E-state index is 0.0388. The molecule has 2 aromatic rings. The average molecular weight is 249 g/mol. The first-order valence-corrected chi connectivity index (χ1v) is 5.51. The number of benzene rings is 1. The molecule has 96 valence electrons. The summed E-state index contributed by atoms with van der Waals surface area (Å²) < 4.78 is 10.6. The number of hydrogen-bond donors (Lipinski definition) is 1. The van der Waals surface area contributed by atoms with Gasteiger partial charge in [-0.3, -0.25) is 9.80 Å². The summed E-state index contributed by atoms with van der Waals surface area (Å²) >= 11 is 0. The van der Waals surface area contributed by atoms with Crippen LogP contribution in [-0.2, 0) is 16.1 Å². The van der Waals surface area contributed by atoms with Crippen LogP contribution < -0.4 is 5.84 Å². The molecule has 1 heterocycles. The molecule has 0 aliphatic heterocycles. The molecule has 1 aromatic heterocycles. The number of carbonyl (C=O) groups excluding carboxylic acids is 1. The first-order chi connectivity index (χ1) is 8.56. The van der Waals surface area contributed by atoms with Crippen molar-refractivity contribution in [3.63, 3.8) is 0 Å². The molecule has 0 aliphatic rings. The quantitative estimate of drug-likeness (QED) is 0.496. The maximum atomic E-state index is 11.2. The molecular weight excluding hydrogens is 234 g/mol. The fourth-order valence-electron chi connectivity index (χ4n) is 1.54. The van der Waals surface area contributed by atoms with Gasteiger partial charge in [0.15, 0.2) is 11.5 Å². The molecule has 0 atom stereocenters. The highest BCUT2D eigenvalue weighted by molar-refractivity contribution is 5.76. The van der Waals surface area contributed by atoms with Gasteiger partial charge in [0.25, 0.3) is 5.91 Å². The molecule has 0 unspecified atom stereocenters. The van der Waals surface area contributed by atoms with E-state index in [1.807, 2.05) is 18.2 Å². The van der Waals surface area contributed by atoms with E-state index in [0.29, 0.717) is 12.5 Å². The molecular formula is C12H15N3O3. The van der Waals surface area contributed by atoms with E-state index < -0.39 is 0 Å². The van der Waals surface area contributed by atoms with Gasteiger partial charge >= 0.3 is 0 Å². The van der Waals surface area contributed by atoms with E-state index in [9.17, 15) is 4.79 Å². The van der Waals surface area contributed by atoms with Gasteiger partial charge < -0.3 is 9.15 Å². The zero-order valence-corrected chi connectivity index (χ0v) is 10.3. The largest absolute Gasteiger partial charge is 0.441 e. The Morgan fingerprint density at radius 1 is 1.56 bits per heavy atom. The first kappa shape index (κ1) is 12.5. The summed E-state index contributed by atoms with van der Waals surface area (Å²) in [5.41, 5.74) is 2.47. The number of aromatic nitrogens is 1. The second-order valence-corrected chi connectivity index (χ2v) is 4.03. The van der Waals surface area contributed by atoms with Crippen LogP contribution in [0, 0.1) is 6.92 Å². The summed E-state index contributed by atoms with van der Waals surface area (Å²) in [5, 5.41) is 1.00. The van der Waals surface area contributed by atoms with E-state index in [4.69, 9.17) is 15.0 Å². The third-order valence-electron chi connectivity index (χ3n) is 2.45. The average Bonchev–Trinajstić information content (AvgIpc) is 2.68. The Kier molecular flexibility index (Phi) is 3.59.